The van der Waals surface area contributed by atoms with Crippen molar-refractivity contribution in [1.82, 2.24) is 5.43 Å². The topological polar surface area (TPSA) is 38.0 Å². The maximum atomic E-state index is 6.22. The molecule has 1 aromatic carbocycles. The summed E-state index contributed by atoms with van der Waals surface area (Å²) in [5.74, 6) is 5.66. The summed E-state index contributed by atoms with van der Waals surface area (Å²) in [5.41, 5.74) is 3.83. The molecule has 0 aliphatic carbocycles. The third-order valence-electron chi connectivity index (χ3n) is 2.62. The van der Waals surface area contributed by atoms with Gasteiger partial charge in [0.05, 0.1) is 6.04 Å². The third kappa shape index (κ3) is 3.35. The summed E-state index contributed by atoms with van der Waals surface area (Å²) >= 11 is 14.9. The van der Waals surface area contributed by atoms with Gasteiger partial charge in [-0.1, -0.05) is 27.5 Å². The van der Waals surface area contributed by atoms with Gasteiger partial charge in [-0.2, -0.15) is 0 Å². The van der Waals surface area contributed by atoms with Crippen molar-refractivity contribution in [2.24, 2.45) is 5.84 Å². The second-order valence-corrected chi connectivity index (χ2v) is 6.96. The number of hydrogen-bond acceptors (Lipinski definition) is 3. The Morgan fingerprint density at radius 2 is 2.11 bits per heavy atom. The number of hydrogen-bond donors (Lipinski definition) is 2. The van der Waals surface area contributed by atoms with E-state index in [1.807, 2.05) is 24.3 Å². The Hall–Kier alpha value is 0.0900. The van der Waals surface area contributed by atoms with E-state index in [-0.39, 0.29) is 6.04 Å². The fourth-order valence-electron chi connectivity index (χ4n) is 1.70. The highest BCUT2D eigenvalue weighted by Crippen LogP contribution is 2.32. The molecule has 18 heavy (non-hydrogen) atoms. The van der Waals surface area contributed by atoms with Gasteiger partial charge in [-0.3, -0.25) is 11.3 Å². The van der Waals surface area contributed by atoms with Crippen LogP contribution in [0.15, 0.2) is 38.6 Å². The zero-order chi connectivity index (χ0) is 13.1. The number of benzene rings is 1. The molecule has 0 aliphatic rings. The second-order valence-electron chi connectivity index (χ2n) is 3.78. The molecule has 2 nitrogen and oxygen atoms in total. The van der Waals surface area contributed by atoms with Crippen LogP contribution < -0.4 is 11.3 Å². The van der Waals surface area contributed by atoms with Gasteiger partial charge in [-0.15, -0.1) is 11.3 Å². The Morgan fingerprint density at radius 1 is 1.33 bits per heavy atom. The molecule has 96 valence electrons. The molecule has 2 aromatic rings. The lowest BCUT2D eigenvalue weighted by Gasteiger charge is -2.17. The third-order valence-corrected chi connectivity index (χ3v) is 5.40. The van der Waals surface area contributed by atoms with Crippen LogP contribution in [0.4, 0.5) is 0 Å². The quantitative estimate of drug-likeness (QED) is 0.568. The largest absolute Gasteiger partial charge is 0.271 e. The number of rotatable bonds is 4. The minimum Gasteiger partial charge on any atom is -0.271 e. The molecular weight excluding hydrogens is 399 g/mol. The number of hydrazine groups is 1. The lowest BCUT2D eigenvalue weighted by Crippen LogP contribution is -2.29. The SMILES string of the molecule is NNC(Cc1sccc1Br)c1cc(Br)ccc1Cl. The molecular formula is C12H11Br2ClN2S. The summed E-state index contributed by atoms with van der Waals surface area (Å²) in [4.78, 5) is 1.24. The molecule has 6 heteroatoms. The molecule has 0 spiro atoms. The average Bonchev–Trinajstić information content (AvgIpc) is 2.75. The second kappa shape index (κ2) is 6.50. The molecule has 0 fully saturated rings. The highest BCUT2D eigenvalue weighted by atomic mass is 79.9. The van der Waals surface area contributed by atoms with Crippen LogP contribution >= 0.6 is 54.8 Å². The van der Waals surface area contributed by atoms with Gasteiger partial charge in [-0.05, 0) is 51.1 Å². The van der Waals surface area contributed by atoms with Gasteiger partial charge in [0.15, 0.2) is 0 Å². The smallest absolute Gasteiger partial charge is 0.0523 e. The summed E-state index contributed by atoms with van der Waals surface area (Å²) in [7, 11) is 0. The van der Waals surface area contributed by atoms with Crippen molar-refractivity contribution in [1.29, 1.82) is 0 Å². The molecule has 0 bridgehead atoms. The molecule has 1 unspecified atom stereocenters. The highest BCUT2D eigenvalue weighted by molar-refractivity contribution is 9.10. The fourth-order valence-corrected chi connectivity index (χ4v) is 3.89. The highest BCUT2D eigenvalue weighted by Gasteiger charge is 2.16. The van der Waals surface area contributed by atoms with Crippen LogP contribution in [-0.2, 0) is 6.42 Å². The van der Waals surface area contributed by atoms with Gasteiger partial charge >= 0.3 is 0 Å². The molecule has 0 saturated carbocycles. The fraction of sp³-hybridized carbons (Fsp3) is 0.167. The molecule has 0 saturated heterocycles. The molecule has 1 atom stereocenters. The first-order valence-electron chi connectivity index (χ1n) is 5.24. The minimum atomic E-state index is -0.00931. The van der Waals surface area contributed by atoms with E-state index in [0.29, 0.717) is 5.02 Å². The van der Waals surface area contributed by atoms with Crippen LogP contribution in [-0.4, -0.2) is 0 Å². The lowest BCUT2D eigenvalue weighted by molar-refractivity contribution is 0.555. The molecule has 3 N–H and O–H groups in total. The van der Waals surface area contributed by atoms with Crippen LogP contribution in [0.1, 0.15) is 16.5 Å². The first-order chi connectivity index (χ1) is 8.61. The maximum absolute atomic E-state index is 6.22. The van der Waals surface area contributed by atoms with Crippen LogP contribution in [0.25, 0.3) is 0 Å². The van der Waals surface area contributed by atoms with Crippen molar-refractivity contribution in [2.75, 3.05) is 0 Å². The number of nitrogens with two attached hydrogens (primary N) is 1. The first kappa shape index (κ1) is 14.5. The van der Waals surface area contributed by atoms with Gasteiger partial charge in [0.1, 0.15) is 0 Å². The number of halogens is 3. The van der Waals surface area contributed by atoms with E-state index >= 15 is 0 Å². The Labute approximate surface area is 132 Å². The number of thiophene rings is 1. The van der Waals surface area contributed by atoms with E-state index in [9.17, 15) is 0 Å². The standard InChI is InChI=1S/C12H11Br2ClN2S/c13-7-1-2-10(15)8(5-7)11(17-16)6-12-9(14)3-4-18-12/h1-5,11,17H,6,16H2. The molecule has 1 heterocycles. The Bertz CT molecular complexity index is 545. The first-order valence-corrected chi connectivity index (χ1v) is 8.09. The van der Waals surface area contributed by atoms with E-state index in [0.717, 1.165) is 20.9 Å². The number of nitrogens with one attached hydrogen (secondary N) is 1. The van der Waals surface area contributed by atoms with Gasteiger partial charge in [0.25, 0.3) is 0 Å². The Kier molecular flexibility index (Phi) is 5.24. The van der Waals surface area contributed by atoms with E-state index in [2.05, 4.69) is 42.7 Å². The predicted octanol–water partition coefficient (Wildman–Crippen LogP) is 4.67. The maximum Gasteiger partial charge on any atom is 0.0523 e. The van der Waals surface area contributed by atoms with E-state index in [1.54, 1.807) is 11.3 Å². The summed E-state index contributed by atoms with van der Waals surface area (Å²) in [6.45, 7) is 0. The molecule has 0 radical (unpaired) electrons. The van der Waals surface area contributed by atoms with Crippen LogP contribution in [0.5, 0.6) is 0 Å². The van der Waals surface area contributed by atoms with E-state index in [1.165, 1.54) is 4.88 Å². The van der Waals surface area contributed by atoms with E-state index < -0.39 is 0 Å². The van der Waals surface area contributed by atoms with E-state index in [4.69, 9.17) is 17.4 Å². The van der Waals surface area contributed by atoms with Crippen molar-refractivity contribution in [2.45, 2.75) is 12.5 Å². The zero-order valence-electron chi connectivity index (χ0n) is 9.29. The summed E-state index contributed by atoms with van der Waals surface area (Å²) in [6.07, 6.45) is 0.797. The van der Waals surface area contributed by atoms with Crippen molar-refractivity contribution < 1.29 is 0 Å². The minimum absolute atomic E-state index is 0.00931. The Balaban J connectivity index is 2.28. The summed E-state index contributed by atoms with van der Waals surface area (Å²) in [6, 6.07) is 7.81. The summed E-state index contributed by atoms with van der Waals surface area (Å²) < 4.78 is 2.10. The van der Waals surface area contributed by atoms with Crippen LogP contribution in [0.2, 0.25) is 5.02 Å². The lowest BCUT2D eigenvalue weighted by atomic mass is 10.0. The van der Waals surface area contributed by atoms with Crippen LogP contribution in [0, 0.1) is 0 Å². The van der Waals surface area contributed by atoms with Gasteiger partial charge < -0.3 is 0 Å². The van der Waals surface area contributed by atoms with Crippen molar-refractivity contribution in [3.05, 3.63) is 54.1 Å². The van der Waals surface area contributed by atoms with Gasteiger partial charge in [0, 0.05) is 25.3 Å². The molecule has 0 amide bonds. The molecule has 0 aliphatic heterocycles. The van der Waals surface area contributed by atoms with Crippen molar-refractivity contribution in [3.63, 3.8) is 0 Å². The normalized spacial score (nSPS) is 12.7. The monoisotopic (exact) mass is 408 g/mol. The van der Waals surface area contributed by atoms with Crippen molar-refractivity contribution >= 4 is 54.8 Å². The molecule has 2 rings (SSSR count). The van der Waals surface area contributed by atoms with Gasteiger partial charge in [0.2, 0.25) is 0 Å². The molecule has 1 aromatic heterocycles. The Morgan fingerprint density at radius 3 is 2.72 bits per heavy atom. The summed E-state index contributed by atoms with van der Waals surface area (Å²) in [5, 5.41) is 2.77. The zero-order valence-corrected chi connectivity index (χ0v) is 14.0. The predicted molar refractivity (Wildman–Crippen MR) is 84.9 cm³/mol. The van der Waals surface area contributed by atoms with Gasteiger partial charge in [-0.25, -0.2) is 0 Å². The van der Waals surface area contributed by atoms with Crippen molar-refractivity contribution in [3.8, 4) is 0 Å². The average molecular weight is 411 g/mol. The van der Waals surface area contributed by atoms with Crippen LogP contribution in [0.3, 0.4) is 0 Å².